The van der Waals surface area contributed by atoms with Crippen molar-refractivity contribution < 1.29 is 9.59 Å². The van der Waals surface area contributed by atoms with Crippen LogP contribution in [0.5, 0.6) is 0 Å². The summed E-state index contributed by atoms with van der Waals surface area (Å²) in [5.74, 6) is 0.263. The third kappa shape index (κ3) is 4.46. The number of carbonyl (C=O) groups is 2. The molecule has 1 aromatic carbocycles. The summed E-state index contributed by atoms with van der Waals surface area (Å²) in [5.41, 5.74) is 0.447. The van der Waals surface area contributed by atoms with Gasteiger partial charge in [-0.15, -0.1) is 0 Å². The SMILES string of the molecule is CC1(CCCN2CCC(c3cc(Cl)cc(Cl)c3)CC2)NC(=O)NC1=O. The van der Waals surface area contributed by atoms with Gasteiger partial charge in [0.15, 0.2) is 0 Å². The number of amides is 3. The summed E-state index contributed by atoms with van der Waals surface area (Å²) in [7, 11) is 0. The molecule has 1 aromatic rings. The van der Waals surface area contributed by atoms with E-state index in [1.807, 2.05) is 12.1 Å². The summed E-state index contributed by atoms with van der Waals surface area (Å²) in [5, 5.41) is 6.40. The van der Waals surface area contributed by atoms with Gasteiger partial charge in [0.2, 0.25) is 0 Å². The number of rotatable bonds is 5. The van der Waals surface area contributed by atoms with Crippen LogP contribution in [0.2, 0.25) is 10.0 Å². The zero-order valence-corrected chi connectivity index (χ0v) is 15.8. The number of carbonyl (C=O) groups excluding carboxylic acids is 2. The van der Waals surface area contributed by atoms with Crippen LogP contribution in [0.15, 0.2) is 18.2 Å². The Labute approximate surface area is 158 Å². The van der Waals surface area contributed by atoms with Crippen LogP contribution in [0, 0.1) is 0 Å². The Morgan fingerprint density at radius 2 is 1.80 bits per heavy atom. The molecule has 0 saturated carbocycles. The van der Waals surface area contributed by atoms with Crippen molar-refractivity contribution in [1.29, 1.82) is 0 Å². The second kappa shape index (κ2) is 7.52. The molecule has 2 aliphatic rings. The summed E-state index contributed by atoms with van der Waals surface area (Å²) in [6, 6.07) is 5.39. The second-order valence-corrected chi connectivity index (χ2v) is 8.04. The smallest absolute Gasteiger partial charge is 0.322 e. The molecule has 7 heteroatoms. The van der Waals surface area contributed by atoms with Crippen molar-refractivity contribution in [2.24, 2.45) is 0 Å². The van der Waals surface area contributed by atoms with Crippen LogP contribution in [-0.4, -0.2) is 42.0 Å². The van der Waals surface area contributed by atoms with Gasteiger partial charge in [0.1, 0.15) is 5.54 Å². The monoisotopic (exact) mass is 383 g/mol. The predicted molar refractivity (Wildman–Crippen MR) is 99.2 cm³/mol. The lowest BCUT2D eigenvalue weighted by Crippen LogP contribution is -2.44. The summed E-state index contributed by atoms with van der Waals surface area (Å²) in [6.07, 6.45) is 3.67. The number of hydrogen-bond donors (Lipinski definition) is 2. The molecule has 136 valence electrons. The molecule has 3 rings (SSSR count). The summed E-state index contributed by atoms with van der Waals surface area (Å²) in [4.78, 5) is 25.5. The highest BCUT2D eigenvalue weighted by molar-refractivity contribution is 6.34. The Bertz CT molecular complexity index is 654. The van der Waals surface area contributed by atoms with E-state index in [0.29, 0.717) is 22.4 Å². The number of nitrogens with zero attached hydrogens (tertiary/aromatic N) is 1. The average molecular weight is 384 g/mol. The van der Waals surface area contributed by atoms with Gasteiger partial charge in [0.25, 0.3) is 5.91 Å². The van der Waals surface area contributed by atoms with E-state index >= 15 is 0 Å². The Morgan fingerprint density at radius 3 is 2.36 bits per heavy atom. The fourth-order valence-corrected chi connectivity index (χ4v) is 4.26. The molecule has 2 aliphatic heterocycles. The molecule has 0 spiro atoms. The Hall–Kier alpha value is -1.30. The normalized spacial score (nSPS) is 25.1. The van der Waals surface area contributed by atoms with Crippen molar-refractivity contribution in [2.45, 2.75) is 44.1 Å². The summed E-state index contributed by atoms with van der Waals surface area (Å²) in [6.45, 7) is 4.75. The van der Waals surface area contributed by atoms with E-state index in [-0.39, 0.29) is 5.91 Å². The highest BCUT2D eigenvalue weighted by atomic mass is 35.5. The molecule has 0 aromatic heterocycles. The van der Waals surface area contributed by atoms with E-state index in [9.17, 15) is 9.59 Å². The lowest BCUT2D eigenvalue weighted by Gasteiger charge is -2.33. The van der Waals surface area contributed by atoms with E-state index in [1.165, 1.54) is 5.56 Å². The zero-order chi connectivity index (χ0) is 18.0. The van der Waals surface area contributed by atoms with Crippen LogP contribution in [0.25, 0.3) is 0 Å². The van der Waals surface area contributed by atoms with E-state index in [2.05, 4.69) is 15.5 Å². The number of likely N-dealkylation sites (tertiary alicyclic amines) is 1. The third-order valence-corrected chi connectivity index (χ3v) is 5.65. The Morgan fingerprint density at radius 1 is 1.16 bits per heavy atom. The minimum Gasteiger partial charge on any atom is -0.324 e. The van der Waals surface area contributed by atoms with Gasteiger partial charge >= 0.3 is 6.03 Å². The molecule has 2 fully saturated rings. The molecule has 1 unspecified atom stereocenters. The van der Waals surface area contributed by atoms with Crippen molar-refractivity contribution in [3.63, 3.8) is 0 Å². The molecular formula is C18H23Cl2N3O2. The van der Waals surface area contributed by atoms with Crippen LogP contribution in [0.3, 0.4) is 0 Å². The molecule has 2 saturated heterocycles. The molecule has 1 atom stereocenters. The van der Waals surface area contributed by atoms with Gasteiger partial charge in [-0.3, -0.25) is 10.1 Å². The number of halogens is 2. The fourth-order valence-electron chi connectivity index (χ4n) is 3.71. The van der Waals surface area contributed by atoms with Crippen molar-refractivity contribution in [3.8, 4) is 0 Å². The molecule has 0 bridgehead atoms. The first kappa shape index (κ1) is 18.5. The van der Waals surface area contributed by atoms with Gasteiger partial charge in [0, 0.05) is 10.0 Å². The fraction of sp³-hybridized carbons (Fsp3) is 0.556. The second-order valence-electron chi connectivity index (χ2n) is 7.16. The molecule has 3 amide bonds. The number of piperidine rings is 1. The van der Waals surface area contributed by atoms with Crippen molar-refractivity contribution in [3.05, 3.63) is 33.8 Å². The van der Waals surface area contributed by atoms with Gasteiger partial charge in [-0.2, -0.15) is 0 Å². The Kier molecular flexibility index (Phi) is 5.56. The predicted octanol–water partition coefficient (Wildman–Crippen LogP) is 3.55. The van der Waals surface area contributed by atoms with Crippen molar-refractivity contribution in [2.75, 3.05) is 19.6 Å². The first-order chi connectivity index (χ1) is 11.9. The maximum atomic E-state index is 11.8. The van der Waals surface area contributed by atoms with Crippen LogP contribution >= 0.6 is 23.2 Å². The van der Waals surface area contributed by atoms with Crippen LogP contribution in [0.4, 0.5) is 4.79 Å². The van der Waals surface area contributed by atoms with E-state index in [1.54, 1.807) is 13.0 Å². The quantitative estimate of drug-likeness (QED) is 0.764. The lowest BCUT2D eigenvalue weighted by atomic mass is 9.89. The highest BCUT2D eigenvalue weighted by Gasteiger charge is 2.41. The van der Waals surface area contributed by atoms with Gasteiger partial charge in [-0.1, -0.05) is 23.2 Å². The summed E-state index contributed by atoms with van der Waals surface area (Å²) < 4.78 is 0. The molecule has 2 heterocycles. The van der Waals surface area contributed by atoms with Crippen LogP contribution in [-0.2, 0) is 4.79 Å². The third-order valence-electron chi connectivity index (χ3n) is 5.21. The first-order valence-electron chi connectivity index (χ1n) is 8.68. The van der Waals surface area contributed by atoms with E-state index in [4.69, 9.17) is 23.2 Å². The van der Waals surface area contributed by atoms with E-state index in [0.717, 1.165) is 38.9 Å². The topological polar surface area (TPSA) is 61.4 Å². The van der Waals surface area contributed by atoms with Crippen LogP contribution < -0.4 is 10.6 Å². The maximum Gasteiger partial charge on any atom is 0.322 e. The van der Waals surface area contributed by atoms with Gasteiger partial charge in [-0.05, 0) is 81.9 Å². The largest absolute Gasteiger partial charge is 0.324 e. The van der Waals surface area contributed by atoms with Gasteiger partial charge < -0.3 is 10.2 Å². The molecule has 0 aliphatic carbocycles. The minimum absolute atomic E-state index is 0.228. The number of nitrogens with one attached hydrogen (secondary N) is 2. The first-order valence-corrected chi connectivity index (χ1v) is 9.43. The van der Waals surface area contributed by atoms with Crippen molar-refractivity contribution in [1.82, 2.24) is 15.5 Å². The van der Waals surface area contributed by atoms with E-state index < -0.39 is 11.6 Å². The Balaban J connectivity index is 1.45. The minimum atomic E-state index is -0.771. The summed E-state index contributed by atoms with van der Waals surface area (Å²) >= 11 is 12.2. The number of imide groups is 1. The molecule has 0 radical (unpaired) electrons. The molecule has 5 nitrogen and oxygen atoms in total. The van der Waals surface area contributed by atoms with Crippen molar-refractivity contribution >= 4 is 35.1 Å². The number of urea groups is 1. The average Bonchev–Trinajstić information content (AvgIpc) is 2.79. The number of hydrogen-bond acceptors (Lipinski definition) is 3. The van der Waals surface area contributed by atoms with Crippen LogP contribution in [0.1, 0.15) is 44.1 Å². The molecule has 25 heavy (non-hydrogen) atoms. The lowest BCUT2D eigenvalue weighted by molar-refractivity contribution is -0.123. The van der Waals surface area contributed by atoms with Gasteiger partial charge in [-0.25, -0.2) is 4.79 Å². The molecular weight excluding hydrogens is 361 g/mol. The standard InChI is InChI=1S/C18H23Cl2N3O2/c1-18(16(24)21-17(25)22-18)5-2-6-23-7-3-12(4-8-23)13-9-14(19)11-15(20)10-13/h9-12H,2-8H2,1H3,(H2,21,22,24,25). The zero-order valence-electron chi connectivity index (χ0n) is 14.3. The highest BCUT2D eigenvalue weighted by Crippen LogP contribution is 2.32. The van der Waals surface area contributed by atoms with Gasteiger partial charge in [0.05, 0.1) is 0 Å². The molecule has 2 N–H and O–H groups in total. The maximum absolute atomic E-state index is 11.8. The number of benzene rings is 1.